The van der Waals surface area contributed by atoms with Crippen LogP contribution in [0.1, 0.15) is 18.9 Å². The standard InChI is InChI=1S/C12H18N2O3/c1-3-14(8-6-11(15)16)9-10-5-4-7-13-12(10)17-2/h4-5,7H,3,6,8-9H2,1-2H3,(H,15,16). The first-order chi connectivity index (χ1) is 8.17. The van der Waals surface area contributed by atoms with Crippen LogP contribution >= 0.6 is 0 Å². The van der Waals surface area contributed by atoms with Crippen LogP contribution in [0, 0.1) is 0 Å². The van der Waals surface area contributed by atoms with Gasteiger partial charge in [-0.1, -0.05) is 13.0 Å². The summed E-state index contributed by atoms with van der Waals surface area (Å²) < 4.78 is 5.16. The van der Waals surface area contributed by atoms with Crippen molar-refractivity contribution < 1.29 is 14.6 Å². The van der Waals surface area contributed by atoms with Crippen LogP contribution in [-0.2, 0) is 11.3 Å². The molecule has 0 radical (unpaired) electrons. The molecule has 1 aromatic rings. The molecule has 0 aliphatic rings. The van der Waals surface area contributed by atoms with E-state index in [1.54, 1.807) is 13.3 Å². The van der Waals surface area contributed by atoms with Crippen LogP contribution in [0.2, 0.25) is 0 Å². The third-order valence-electron chi connectivity index (χ3n) is 2.53. The molecule has 0 atom stereocenters. The number of pyridine rings is 1. The predicted molar refractivity (Wildman–Crippen MR) is 64.0 cm³/mol. The average Bonchev–Trinajstić information content (AvgIpc) is 2.34. The van der Waals surface area contributed by atoms with Gasteiger partial charge < -0.3 is 9.84 Å². The fraction of sp³-hybridized carbons (Fsp3) is 0.500. The normalized spacial score (nSPS) is 10.5. The molecule has 0 fully saturated rings. The van der Waals surface area contributed by atoms with Gasteiger partial charge in [-0.3, -0.25) is 9.69 Å². The van der Waals surface area contributed by atoms with Crippen LogP contribution in [0.15, 0.2) is 18.3 Å². The van der Waals surface area contributed by atoms with Crippen LogP contribution < -0.4 is 4.74 Å². The second-order valence-corrected chi connectivity index (χ2v) is 3.68. The Labute approximate surface area is 101 Å². The van der Waals surface area contributed by atoms with Crippen molar-refractivity contribution in [3.05, 3.63) is 23.9 Å². The molecule has 0 amide bonds. The van der Waals surface area contributed by atoms with Crippen LogP contribution in [0.5, 0.6) is 5.88 Å². The molecule has 0 saturated heterocycles. The Morgan fingerprint density at radius 1 is 1.59 bits per heavy atom. The summed E-state index contributed by atoms with van der Waals surface area (Å²) in [5.74, 6) is -0.178. The van der Waals surface area contributed by atoms with Gasteiger partial charge in [0, 0.05) is 24.8 Å². The molecule has 0 aliphatic heterocycles. The van der Waals surface area contributed by atoms with Crippen molar-refractivity contribution in [3.8, 4) is 5.88 Å². The van der Waals surface area contributed by atoms with Crippen LogP contribution in [0.3, 0.4) is 0 Å². The maximum atomic E-state index is 10.5. The van der Waals surface area contributed by atoms with Gasteiger partial charge in [-0.2, -0.15) is 0 Å². The third kappa shape index (κ3) is 4.40. The Bertz CT molecular complexity index is 369. The Morgan fingerprint density at radius 2 is 2.35 bits per heavy atom. The summed E-state index contributed by atoms with van der Waals surface area (Å²) in [5.41, 5.74) is 0.974. The number of methoxy groups -OCH3 is 1. The van der Waals surface area contributed by atoms with E-state index in [-0.39, 0.29) is 6.42 Å². The van der Waals surface area contributed by atoms with Gasteiger partial charge in [-0.05, 0) is 12.6 Å². The van der Waals surface area contributed by atoms with Crippen LogP contribution in [-0.4, -0.2) is 41.2 Å². The fourth-order valence-electron chi connectivity index (χ4n) is 1.57. The highest BCUT2D eigenvalue weighted by atomic mass is 16.5. The molecular formula is C12H18N2O3. The summed E-state index contributed by atoms with van der Waals surface area (Å²) in [5, 5.41) is 8.66. The number of aliphatic carboxylic acids is 1. The van der Waals surface area contributed by atoms with Crippen molar-refractivity contribution in [2.24, 2.45) is 0 Å². The van der Waals surface area contributed by atoms with E-state index in [1.807, 2.05) is 24.0 Å². The third-order valence-corrected chi connectivity index (χ3v) is 2.53. The van der Waals surface area contributed by atoms with Gasteiger partial charge in [0.25, 0.3) is 0 Å². The van der Waals surface area contributed by atoms with Gasteiger partial charge in [-0.25, -0.2) is 4.98 Å². The lowest BCUT2D eigenvalue weighted by Gasteiger charge is -2.20. The summed E-state index contributed by atoms with van der Waals surface area (Å²) in [7, 11) is 1.58. The zero-order valence-corrected chi connectivity index (χ0v) is 10.2. The summed E-state index contributed by atoms with van der Waals surface area (Å²) in [4.78, 5) is 16.7. The molecule has 17 heavy (non-hydrogen) atoms. The van der Waals surface area contributed by atoms with Crippen molar-refractivity contribution in [1.82, 2.24) is 9.88 Å². The highest BCUT2D eigenvalue weighted by molar-refractivity contribution is 5.66. The molecule has 5 nitrogen and oxygen atoms in total. The topological polar surface area (TPSA) is 62.7 Å². The fourth-order valence-corrected chi connectivity index (χ4v) is 1.57. The van der Waals surface area contributed by atoms with E-state index in [0.29, 0.717) is 19.0 Å². The molecule has 5 heteroatoms. The van der Waals surface area contributed by atoms with Crippen LogP contribution in [0.25, 0.3) is 0 Å². The van der Waals surface area contributed by atoms with Crippen molar-refractivity contribution in [3.63, 3.8) is 0 Å². The molecular weight excluding hydrogens is 220 g/mol. The Hall–Kier alpha value is -1.62. The van der Waals surface area contributed by atoms with E-state index >= 15 is 0 Å². The first-order valence-corrected chi connectivity index (χ1v) is 5.59. The highest BCUT2D eigenvalue weighted by Crippen LogP contribution is 2.15. The SMILES string of the molecule is CCN(CCC(=O)O)Cc1cccnc1OC. The van der Waals surface area contributed by atoms with Gasteiger partial charge in [0.1, 0.15) is 0 Å². The van der Waals surface area contributed by atoms with Gasteiger partial charge in [0.15, 0.2) is 0 Å². The lowest BCUT2D eigenvalue weighted by molar-refractivity contribution is -0.137. The van der Waals surface area contributed by atoms with Crippen molar-refractivity contribution >= 4 is 5.97 Å². The summed E-state index contributed by atoms with van der Waals surface area (Å²) in [6.45, 7) is 3.99. The zero-order valence-electron chi connectivity index (χ0n) is 10.2. The molecule has 0 bridgehead atoms. The van der Waals surface area contributed by atoms with Crippen molar-refractivity contribution in [2.45, 2.75) is 19.9 Å². The summed E-state index contributed by atoms with van der Waals surface area (Å²) in [6, 6.07) is 3.79. The first-order valence-electron chi connectivity index (χ1n) is 5.59. The van der Waals surface area contributed by atoms with E-state index in [1.165, 1.54) is 0 Å². The summed E-state index contributed by atoms with van der Waals surface area (Å²) in [6.07, 6.45) is 1.83. The quantitative estimate of drug-likeness (QED) is 0.777. The first kappa shape index (κ1) is 13.4. The van der Waals surface area contributed by atoms with Gasteiger partial charge in [0.05, 0.1) is 13.5 Å². The lowest BCUT2D eigenvalue weighted by atomic mass is 10.2. The molecule has 1 heterocycles. The molecule has 0 aliphatic carbocycles. The Morgan fingerprint density at radius 3 is 2.94 bits per heavy atom. The molecule has 94 valence electrons. The maximum Gasteiger partial charge on any atom is 0.304 e. The number of hydrogen-bond donors (Lipinski definition) is 1. The van der Waals surface area contributed by atoms with Gasteiger partial charge in [0.2, 0.25) is 5.88 Å². The number of carboxylic acids is 1. The Kier molecular flexibility index (Phi) is 5.42. The lowest BCUT2D eigenvalue weighted by Crippen LogP contribution is -2.26. The van der Waals surface area contributed by atoms with E-state index in [0.717, 1.165) is 12.1 Å². The number of carboxylic acid groups (broad SMARTS) is 1. The molecule has 0 unspecified atom stereocenters. The number of hydrogen-bond acceptors (Lipinski definition) is 4. The monoisotopic (exact) mass is 238 g/mol. The van der Waals surface area contributed by atoms with Gasteiger partial charge in [-0.15, -0.1) is 0 Å². The van der Waals surface area contributed by atoms with Gasteiger partial charge >= 0.3 is 5.97 Å². The van der Waals surface area contributed by atoms with Crippen LogP contribution in [0.4, 0.5) is 0 Å². The van der Waals surface area contributed by atoms with Crippen molar-refractivity contribution in [2.75, 3.05) is 20.2 Å². The maximum absolute atomic E-state index is 10.5. The molecule has 0 spiro atoms. The minimum Gasteiger partial charge on any atom is -0.481 e. The second-order valence-electron chi connectivity index (χ2n) is 3.68. The minimum absolute atomic E-state index is 0.149. The Balaban J connectivity index is 2.63. The number of ether oxygens (including phenoxy) is 1. The average molecular weight is 238 g/mol. The van der Waals surface area contributed by atoms with Crippen molar-refractivity contribution in [1.29, 1.82) is 0 Å². The zero-order chi connectivity index (χ0) is 12.7. The highest BCUT2D eigenvalue weighted by Gasteiger charge is 2.10. The second kappa shape index (κ2) is 6.85. The molecule has 1 N–H and O–H groups in total. The number of aromatic nitrogens is 1. The minimum atomic E-state index is -0.776. The van der Waals surface area contributed by atoms with E-state index in [9.17, 15) is 4.79 Å². The number of carbonyl (C=O) groups is 1. The summed E-state index contributed by atoms with van der Waals surface area (Å²) >= 11 is 0. The number of rotatable bonds is 7. The van der Waals surface area contributed by atoms with E-state index in [2.05, 4.69) is 4.98 Å². The molecule has 1 rings (SSSR count). The van der Waals surface area contributed by atoms with E-state index < -0.39 is 5.97 Å². The largest absolute Gasteiger partial charge is 0.481 e. The molecule has 0 saturated carbocycles. The smallest absolute Gasteiger partial charge is 0.304 e. The molecule has 1 aromatic heterocycles. The number of nitrogens with zero attached hydrogens (tertiary/aromatic N) is 2. The van der Waals surface area contributed by atoms with E-state index in [4.69, 9.17) is 9.84 Å². The molecule has 0 aromatic carbocycles. The predicted octanol–water partition coefficient (Wildman–Crippen LogP) is 1.39.